The number of amides is 1. The zero-order chi connectivity index (χ0) is 17.5. The molecule has 0 aliphatic rings. The van der Waals surface area contributed by atoms with Gasteiger partial charge in [-0.1, -0.05) is 42.5 Å². The molecule has 0 saturated carbocycles. The van der Waals surface area contributed by atoms with Crippen molar-refractivity contribution in [1.82, 2.24) is 0 Å². The molecule has 0 aliphatic heterocycles. The minimum atomic E-state index is -0.110. The lowest BCUT2D eigenvalue weighted by Crippen LogP contribution is -2.12. The summed E-state index contributed by atoms with van der Waals surface area (Å²) in [5.74, 6) is 1.48. The van der Waals surface area contributed by atoms with E-state index in [1.807, 2.05) is 66.7 Å². The maximum atomic E-state index is 12.6. The summed E-state index contributed by atoms with van der Waals surface area (Å²) in [6.07, 6.45) is 0. The molecule has 0 bridgehead atoms. The number of hydrogen-bond donors (Lipinski definition) is 1. The maximum Gasteiger partial charge on any atom is 0.256 e. The fraction of sp³-hybridized carbons (Fsp3) is 0.0952. The molecule has 0 spiro atoms. The number of ether oxygens (including phenoxy) is 1. The Labute approximate surface area is 152 Å². The van der Waals surface area contributed by atoms with Gasteiger partial charge in [0, 0.05) is 16.3 Å². The van der Waals surface area contributed by atoms with E-state index in [0.717, 1.165) is 22.1 Å². The summed E-state index contributed by atoms with van der Waals surface area (Å²) in [7, 11) is 1.62. The third kappa shape index (κ3) is 4.64. The van der Waals surface area contributed by atoms with E-state index in [0.29, 0.717) is 5.56 Å². The SMILES string of the molecule is COc1ccc(NC(=O)c2ccccc2SCc2ccccc2)cc1. The van der Waals surface area contributed by atoms with Crippen LogP contribution in [-0.4, -0.2) is 13.0 Å². The predicted molar refractivity (Wildman–Crippen MR) is 103 cm³/mol. The lowest BCUT2D eigenvalue weighted by atomic mass is 10.2. The molecule has 3 aromatic carbocycles. The van der Waals surface area contributed by atoms with E-state index in [1.54, 1.807) is 18.9 Å². The molecule has 0 aromatic heterocycles. The van der Waals surface area contributed by atoms with Gasteiger partial charge < -0.3 is 10.1 Å². The fourth-order valence-electron chi connectivity index (χ4n) is 2.39. The average molecular weight is 349 g/mol. The summed E-state index contributed by atoms with van der Waals surface area (Å²) in [5, 5.41) is 2.94. The molecular formula is C21H19NO2S. The van der Waals surface area contributed by atoms with Crippen LogP contribution < -0.4 is 10.1 Å². The van der Waals surface area contributed by atoms with Gasteiger partial charge in [-0.25, -0.2) is 0 Å². The third-order valence-corrected chi connectivity index (χ3v) is 4.86. The van der Waals surface area contributed by atoms with Gasteiger partial charge in [-0.2, -0.15) is 0 Å². The Morgan fingerprint density at radius 3 is 2.32 bits per heavy atom. The summed E-state index contributed by atoms with van der Waals surface area (Å²) in [5.41, 5.74) is 2.66. The molecule has 126 valence electrons. The van der Waals surface area contributed by atoms with Crippen molar-refractivity contribution in [3.05, 3.63) is 90.0 Å². The van der Waals surface area contributed by atoms with Gasteiger partial charge >= 0.3 is 0 Å². The molecule has 3 nitrogen and oxygen atoms in total. The lowest BCUT2D eigenvalue weighted by Gasteiger charge is -2.10. The van der Waals surface area contributed by atoms with Crippen LogP contribution in [0.2, 0.25) is 0 Å². The van der Waals surface area contributed by atoms with Crippen LogP contribution in [0.4, 0.5) is 5.69 Å². The quantitative estimate of drug-likeness (QED) is 0.619. The van der Waals surface area contributed by atoms with Gasteiger partial charge in [-0.05, 0) is 42.0 Å². The van der Waals surface area contributed by atoms with Gasteiger partial charge in [0.15, 0.2) is 0 Å². The van der Waals surface area contributed by atoms with Crippen molar-refractivity contribution in [2.24, 2.45) is 0 Å². The van der Waals surface area contributed by atoms with Gasteiger partial charge in [0.25, 0.3) is 5.91 Å². The predicted octanol–water partition coefficient (Wildman–Crippen LogP) is 5.24. The molecule has 0 radical (unpaired) electrons. The smallest absolute Gasteiger partial charge is 0.256 e. The molecule has 0 heterocycles. The van der Waals surface area contributed by atoms with Gasteiger partial charge in [-0.15, -0.1) is 11.8 Å². The standard InChI is InChI=1S/C21H19NO2S/c1-24-18-13-11-17(12-14-18)22-21(23)19-9-5-6-10-20(19)25-15-16-7-3-2-4-8-16/h2-14H,15H2,1H3,(H,22,23). The number of rotatable bonds is 6. The second-order valence-corrected chi connectivity index (χ2v) is 6.47. The highest BCUT2D eigenvalue weighted by atomic mass is 32.2. The second kappa shape index (κ2) is 8.40. The first-order chi connectivity index (χ1) is 12.3. The lowest BCUT2D eigenvalue weighted by molar-refractivity contribution is 0.102. The minimum absolute atomic E-state index is 0.110. The van der Waals surface area contributed by atoms with E-state index in [4.69, 9.17) is 4.74 Å². The molecule has 0 atom stereocenters. The van der Waals surface area contributed by atoms with E-state index in [2.05, 4.69) is 17.4 Å². The number of hydrogen-bond acceptors (Lipinski definition) is 3. The summed E-state index contributed by atoms with van der Waals surface area (Å²) in [4.78, 5) is 13.6. The molecule has 3 aromatic rings. The Morgan fingerprint density at radius 1 is 0.920 bits per heavy atom. The van der Waals surface area contributed by atoms with Crippen molar-refractivity contribution in [1.29, 1.82) is 0 Å². The van der Waals surface area contributed by atoms with E-state index in [-0.39, 0.29) is 5.91 Å². The van der Waals surface area contributed by atoms with Crippen LogP contribution in [0.3, 0.4) is 0 Å². The van der Waals surface area contributed by atoms with E-state index in [1.165, 1.54) is 5.56 Å². The van der Waals surface area contributed by atoms with Gasteiger partial charge in [0.1, 0.15) is 5.75 Å². The monoisotopic (exact) mass is 349 g/mol. The van der Waals surface area contributed by atoms with Crippen LogP contribution in [0, 0.1) is 0 Å². The van der Waals surface area contributed by atoms with Crippen molar-refractivity contribution in [2.75, 3.05) is 12.4 Å². The number of thioether (sulfide) groups is 1. The Balaban J connectivity index is 1.71. The molecule has 3 rings (SSSR count). The number of carbonyl (C=O) groups is 1. The van der Waals surface area contributed by atoms with Crippen molar-refractivity contribution in [3.63, 3.8) is 0 Å². The normalized spacial score (nSPS) is 10.3. The fourth-order valence-corrected chi connectivity index (χ4v) is 3.39. The molecule has 25 heavy (non-hydrogen) atoms. The zero-order valence-electron chi connectivity index (χ0n) is 13.9. The van der Waals surface area contributed by atoms with Crippen LogP contribution >= 0.6 is 11.8 Å². The van der Waals surface area contributed by atoms with Gasteiger partial charge in [0.05, 0.1) is 12.7 Å². The Kier molecular flexibility index (Phi) is 5.75. The number of nitrogens with one attached hydrogen (secondary N) is 1. The van der Waals surface area contributed by atoms with Gasteiger partial charge in [-0.3, -0.25) is 4.79 Å². The van der Waals surface area contributed by atoms with E-state index < -0.39 is 0 Å². The highest BCUT2D eigenvalue weighted by Gasteiger charge is 2.12. The number of methoxy groups -OCH3 is 1. The molecule has 0 unspecified atom stereocenters. The third-order valence-electron chi connectivity index (χ3n) is 3.72. The summed E-state index contributed by atoms with van der Waals surface area (Å²) in [6, 6.07) is 25.2. The summed E-state index contributed by atoms with van der Waals surface area (Å²) in [6.45, 7) is 0. The first kappa shape index (κ1) is 17.1. The molecule has 0 fully saturated rings. The largest absolute Gasteiger partial charge is 0.497 e. The maximum absolute atomic E-state index is 12.6. The Bertz CT molecular complexity index is 832. The first-order valence-electron chi connectivity index (χ1n) is 7.97. The summed E-state index contributed by atoms with van der Waals surface area (Å²) < 4.78 is 5.14. The van der Waals surface area contributed by atoms with Crippen LogP contribution in [-0.2, 0) is 5.75 Å². The van der Waals surface area contributed by atoms with Crippen LogP contribution in [0.25, 0.3) is 0 Å². The van der Waals surface area contributed by atoms with Crippen molar-refractivity contribution >= 4 is 23.4 Å². The highest BCUT2D eigenvalue weighted by molar-refractivity contribution is 7.98. The van der Waals surface area contributed by atoms with Crippen molar-refractivity contribution in [3.8, 4) is 5.75 Å². The minimum Gasteiger partial charge on any atom is -0.497 e. The molecular weight excluding hydrogens is 330 g/mol. The average Bonchev–Trinajstić information content (AvgIpc) is 2.68. The zero-order valence-corrected chi connectivity index (χ0v) is 14.8. The van der Waals surface area contributed by atoms with E-state index in [9.17, 15) is 4.79 Å². The second-order valence-electron chi connectivity index (χ2n) is 5.45. The molecule has 0 aliphatic carbocycles. The molecule has 4 heteroatoms. The number of carbonyl (C=O) groups excluding carboxylic acids is 1. The topological polar surface area (TPSA) is 38.3 Å². The molecule has 0 saturated heterocycles. The number of anilines is 1. The summed E-state index contributed by atoms with van der Waals surface area (Å²) >= 11 is 1.66. The molecule has 1 N–H and O–H groups in total. The highest BCUT2D eigenvalue weighted by Crippen LogP contribution is 2.27. The van der Waals surface area contributed by atoms with Crippen LogP contribution in [0.5, 0.6) is 5.75 Å². The molecule has 1 amide bonds. The van der Waals surface area contributed by atoms with Crippen molar-refractivity contribution in [2.45, 2.75) is 10.6 Å². The van der Waals surface area contributed by atoms with E-state index >= 15 is 0 Å². The first-order valence-corrected chi connectivity index (χ1v) is 8.96. The Hall–Kier alpha value is -2.72. The number of benzene rings is 3. The van der Waals surface area contributed by atoms with Gasteiger partial charge in [0.2, 0.25) is 0 Å². The Morgan fingerprint density at radius 2 is 1.60 bits per heavy atom. The van der Waals surface area contributed by atoms with Crippen LogP contribution in [0.15, 0.2) is 83.8 Å². The van der Waals surface area contributed by atoms with Crippen LogP contribution in [0.1, 0.15) is 15.9 Å². The van der Waals surface area contributed by atoms with Crippen molar-refractivity contribution < 1.29 is 9.53 Å².